The molecule has 0 saturated heterocycles. The number of aromatic nitrogens is 2. The highest BCUT2D eigenvalue weighted by Gasteiger charge is 2.03. The zero-order chi connectivity index (χ0) is 15.4. The standard InChI is InChI=1S/C14H16FN5S/c1-8-4-5-11(7-12(8)15)18-14(21)20-19-13-16-9(2)6-10(3)17-13/h4-7H,1-3H3,(H,16,17,19)(H2,18,20,21). The summed E-state index contributed by atoms with van der Waals surface area (Å²) in [5.41, 5.74) is 8.42. The SMILES string of the molecule is Cc1cc(C)nc(NNC(=S)Nc2ccc(C)c(F)c2)n1. The maximum atomic E-state index is 13.4. The number of thiocarbonyl (C=S) groups is 1. The summed E-state index contributed by atoms with van der Waals surface area (Å²) in [7, 11) is 0. The molecule has 1 heterocycles. The average Bonchev–Trinajstić information content (AvgIpc) is 2.40. The largest absolute Gasteiger partial charge is 0.331 e. The third-order valence-corrected chi connectivity index (χ3v) is 2.90. The van der Waals surface area contributed by atoms with Gasteiger partial charge in [0.15, 0.2) is 5.11 Å². The lowest BCUT2D eigenvalue weighted by Gasteiger charge is -2.12. The zero-order valence-corrected chi connectivity index (χ0v) is 12.8. The van der Waals surface area contributed by atoms with E-state index in [0.29, 0.717) is 22.3 Å². The minimum atomic E-state index is -0.284. The smallest absolute Gasteiger partial charge is 0.242 e. The maximum Gasteiger partial charge on any atom is 0.242 e. The van der Waals surface area contributed by atoms with Crippen LogP contribution in [0.3, 0.4) is 0 Å². The second kappa shape index (κ2) is 6.45. The summed E-state index contributed by atoms with van der Waals surface area (Å²) in [5, 5.41) is 3.16. The number of hydrogen-bond donors (Lipinski definition) is 3. The third kappa shape index (κ3) is 4.35. The average molecular weight is 305 g/mol. The van der Waals surface area contributed by atoms with Crippen molar-refractivity contribution in [1.82, 2.24) is 15.4 Å². The van der Waals surface area contributed by atoms with Crippen LogP contribution in [0.5, 0.6) is 0 Å². The van der Waals surface area contributed by atoms with Gasteiger partial charge < -0.3 is 5.32 Å². The van der Waals surface area contributed by atoms with Crippen LogP contribution < -0.4 is 16.2 Å². The number of hydrazine groups is 1. The molecule has 1 aromatic carbocycles. The highest BCUT2D eigenvalue weighted by Crippen LogP contribution is 2.13. The highest BCUT2D eigenvalue weighted by atomic mass is 32.1. The normalized spacial score (nSPS) is 10.1. The molecule has 0 fully saturated rings. The van der Waals surface area contributed by atoms with E-state index in [1.807, 2.05) is 19.9 Å². The molecular formula is C14H16FN5S. The summed E-state index contributed by atoms with van der Waals surface area (Å²) in [5.74, 6) is 0.139. The van der Waals surface area contributed by atoms with E-state index in [4.69, 9.17) is 12.2 Å². The van der Waals surface area contributed by atoms with Crippen LogP contribution in [0.15, 0.2) is 24.3 Å². The van der Waals surface area contributed by atoms with E-state index in [1.54, 1.807) is 19.1 Å². The first-order valence-corrected chi connectivity index (χ1v) is 6.76. The zero-order valence-electron chi connectivity index (χ0n) is 12.0. The minimum absolute atomic E-state index is 0.284. The Morgan fingerprint density at radius 3 is 2.38 bits per heavy atom. The van der Waals surface area contributed by atoms with Crippen LogP contribution in [0.25, 0.3) is 0 Å². The van der Waals surface area contributed by atoms with Crippen molar-refractivity contribution in [2.45, 2.75) is 20.8 Å². The molecule has 0 aliphatic rings. The third-order valence-electron chi connectivity index (χ3n) is 2.70. The maximum absolute atomic E-state index is 13.4. The predicted molar refractivity (Wildman–Crippen MR) is 85.6 cm³/mol. The summed E-state index contributed by atoms with van der Waals surface area (Å²) < 4.78 is 13.4. The van der Waals surface area contributed by atoms with E-state index >= 15 is 0 Å². The second-order valence-corrected chi connectivity index (χ2v) is 5.05. The topological polar surface area (TPSA) is 61.9 Å². The molecule has 0 aliphatic heterocycles. The molecule has 110 valence electrons. The highest BCUT2D eigenvalue weighted by molar-refractivity contribution is 7.80. The van der Waals surface area contributed by atoms with Gasteiger partial charge in [-0.2, -0.15) is 0 Å². The van der Waals surface area contributed by atoms with Crippen molar-refractivity contribution in [3.05, 3.63) is 47.0 Å². The number of nitrogens with one attached hydrogen (secondary N) is 3. The molecule has 0 bridgehead atoms. The van der Waals surface area contributed by atoms with Crippen LogP contribution in [0, 0.1) is 26.6 Å². The number of rotatable bonds is 3. The molecule has 0 aliphatic carbocycles. The van der Waals surface area contributed by atoms with Gasteiger partial charge in [0.2, 0.25) is 5.95 Å². The lowest BCUT2D eigenvalue weighted by Crippen LogP contribution is -2.34. The Balaban J connectivity index is 1.94. The Labute approximate surface area is 128 Å². The van der Waals surface area contributed by atoms with Crippen molar-refractivity contribution in [3.8, 4) is 0 Å². The van der Waals surface area contributed by atoms with Gasteiger partial charge in [-0.15, -0.1) is 0 Å². The molecule has 0 spiro atoms. The van der Waals surface area contributed by atoms with Gasteiger partial charge in [0, 0.05) is 17.1 Å². The van der Waals surface area contributed by atoms with Gasteiger partial charge in [0.25, 0.3) is 0 Å². The van der Waals surface area contributed by atoms with Crippen LogP contribution in [-0.2, 0) is 0 Å². The van der Waals surface area contributed by atoms with Crippen molar-refractivity contribution >= 4 is 29.0 Å². The van der Waals surface area contributed by atoms with Crippen molar-refractivity contribution in [3.63, 3.8) is 0 Å². The summed E-state index contributed by atoms with van der Waals surface area (Å²) in [6.45, 7) is 5.46. The predicted octanol–water partition coefficient (Wildman–Crippen LogP) is 2.85. The molecule has 7 heteroatoms. The summed E-state index contributed by atoms with van der Waals surface area (Å²) >= 11 is 5.11. The van der Waals surface area contributed by atoms with Gasteiger partial charge in [-0.1, -0.05) is 6.07 Å². The van der Waals surface area contributed by atoms with E-state index < -0.39 is 0 Å². The van der Waals surface area contributed by atoms with Crippen LogP contribution in [0.1, 0.15) is 17.0 Å². The summed E-state index contributed by atoms with van der Waals surface area (Å²) in [6, 6.07) is 6.69. The molecule has 21 heavy (non-hydrogen) atoms. The Kier molecular flexibility index (Phi) is 4.64. The molecule has 2 rings (SSSR count). The van der Waals surface area contributed by atoms with Gasteiger partial charge in [-0.25, -0.2) is 14.4 Å². The number of benzene rings is 1. The van der Waals surface area contributed by atoms with E-state index in [0.717, 1.165) is 11.4 Å². The molecule has 0 unspecified atom stereocenters. The van der Waals surface area contributed by atoms with Crippen LogP contribution in [-0.4, -0.2) is 15.1 Å². The van der Waals surface area contributed by atoms with E-state index in [2.05, 4.69) is 26.1 Å². The first-order valence-electron chi connectivity index (χ1n) is 6.35. The van der Waals surface area contributed by atoms with Crippen LogP contribution in [0.4, 0.5) is 16.0 Å². The number of nitrogens with zero attached hydrogens (tertiary/aromatic N) is 2. The van der Waals surface area contributed by atoms with Gasteiger partial charge in [0.05, 0.1) is 0 Å². The summed E-state index contributed by atoms with van der Waals surface area (Å²) in [6.07, 6.45) is 0. The summed E-state index contributed by atoms with van der Waals surface area (Å²) in [4.78, 5) is 8.41. The lowest BCUT2D eigenvalue weighted by atomic mass is 10.2. The number of halogens is 1. The number of hydrogen-bond acceptors (Lipinski definition) is 4. The lowest BCUT2D eigenvalue weighted by molar-refractivity contribution is 0.619. The first kappa shape index (κ1) is 15.1. The monoisotopic (exact) mass is 305 g/mol. The molecule has 0 amide bonds. The van der Waals surface area contributed by atoms with Crippen LogP contribution >= 0.6 is 12.2 Å². The first-order chi connectivity index (χ1) is 9.94. The minimum Gasteiger partial charge on any atom is -0.331 e. The van der Waals surface area contributed by atoms with Gasteiger partial charge in [0.1, 0.15) is 5.82 Å². The van der Waals surface area contributed by atoms with Gasteiger partial charge in [-0.3, -0.25) is 10.9 Å². The quantitative estimate of drug-likeness (QED) is 0.599. The van der Waals surface area contributed by atoms with Crippen molar-refractivity contribution in [2.75, 3.05) is 10.7 Å². The molecule has 2 aromatic rings. The molecule has 5 nitrogen and oxygen atoms in total. The van der Waals surface area contributed by atoms with Crippen molar-refractivity contribution in [2.24, 2.45) is 0 Å². The van der Waals surface area contributed by atoms with E-state index in [-0.39, 0.29) is 5.82 Å². The number of anilines is 2. The van der Waals surface area contributed by atoms with Gasteiger partial charge in [-0.05, 0) is 56.8 Å². The fourth-order valence-corrected chi connectivity index (χ4v) is 1.90. The molecule has 0 radical (unpaired) electrons. The fourth-order valence-electron chi connectivity index (χ4n) is 1.73. The second-order valence-electron chi connectivity index (χ2n) is 4.64. The Morgan fingerprint density at radius 1 is 1.10 bits per heavy atom. The Bertz CT molecular complexity index is 654. The molecule has 3 N–H and O–H groups in total. The van der Waals surface area contributed by atoms with Gasteiger partial charge >= 0.3 is 0 Å². The molecular weight excluding hydrogens is 289 g/mol. The van der Waals surface area contributed by atoms with Crippen LogP contribution in [0.2, 0.25) is 0 Å². The molecule has 0 saturated carbocycles. The van der Waals surface area contributed by atoms with E-state index in [9.17, 15) is 4.39 Å². The Hall–Kier alpha value is -2.28. The molecule has 1 aromatic heterocycles. The van der Waals surface area contributed by atoms with Crippen molar-refractivity contribution < 1.29 is 4.39 Å². The Morgan fingerprint density at radius 2 is 1.76 bits per heavy atom. The fraction of sp³-hybridized carbons (Fsp3) is 0.214. The van der Waals surface area contributed by atoms with E-state index in [1.165, 1.54) is 6.07 Å². The number of aryl methyl sites for hydroxylation is 3. The molecule has 0 atom stereocenters. The van der Waals surface area contributed by atoms with Crippen molar-refractivity contribution in [1.29, 1.82) is 0 Å².